The minimum Gasteiger partial charge on any atom is -0.295 e. The molecule has 0 atom stereocenters. The maximum Gasteiger partial charge on any atom is 0.328 e. The van der Waals surface area contributed by atoms with Crippen molar-refractivity contribution in [3.8, 4) is 0 Å². The maximum absolute atomic E-state index is 11.8. The number of nitrogens with one attached hydrogen (secondary N) is 1. The van der Waals surface area contributed by atoms with Gasteiger partial charge in [-0.3, -0.25) is 13.9 Å². The maximum atomic E-state index is 11.8. The van der Waals surface area contributed by atoms with E-state index in [1.54, 1.807) is 32.3 Å². The van der Waals surface area contributed by atoms with E-state index in [0.717, 1.165) is 9.82 Å². The van der Waals surface area contributed by atoms with Crippen LogP contribution in [-0.4, -0.2) is 36.0 Å². The Hall–Kier alpha value is -1.80. The third kappa shape index (κ3) is 2.24. The topological polar surface area (TPSA) is 76.3 Å². The Labute approximate surface area is 111 Å². The second kappa shape index (κ2) is 4.39. The van der Waals surface area contributed by atoms with Crippen LogP contribution >= 0.6 is 0 Å². The summed E-state index contributed by atoms with van der Waals surface area (Å²) in [7, 11) is 2.66. The lowest BCUT2D eigenvalue weighted by Crippen LogP contribution is -2.28. The standard InChI is InChI=1S/C11H16N4O3S/c1-13(2)19(17,18)12-8-5-6-9-10(7-8)15(4)11(16)14(9)3/h5-7,12H,1-4H3. The molecule has 0 bridgehead atoms. The number of benzene rings is 1. The van der Waals surface area contributed by atoms with E-state index in [0.29, 0.717) is 11.2 Å². The molecular weight excluding hydrogens is 268 g/mol. The molecular formula is C11H16N4O3S. The number of imidazole rings is 1. The summed E-state index contributed by atoms with van der Waals surface area (Å²) >= 11 is 0. The summed E-state index contributed by atoms with van der Waals surface area (Å²) < 4.78 is 30.0. The lowest BCUT2D eigenvalue weighted by molar-refractivity contribution is 0.527. The highest BCUT2D eigenvalue weighted by Crippen LogP contribution is 2.18. The first-order chi connectivity index (χ1) is 8.74. The lowest BCUT2D eigenvalue weighted by atomic mass is 10.3. The number of hydrogen-bond acceptors (Lipinski definition) is 3. The molecule has 1 heterocycles. The Bertz CT molecular complexity index is 786. The zero-order chi connectivity index (χ0) is 14.4. The van der Waals surface area contributed by atoms with E-state index in [9.17, 15) is 13.2 Å². The third-order valence-electron chi connectivity index (χ3n) is 3.00. The smallest absolute Gasteiger partial charge is 0.295 e. The van der Waals surface area contributed by atoms with Crippen LogP contribution in [0.3, 0.4) is 0 Å². The van der Waals surface area contributed by atoms with E-state index in [-0.39, 0.29) is 5.69 Å². The van der Waals surface area contributed by atoms with E-state index in [2.05, 4.69) is 4.72 Å². The average molecular weight is 284 g/mol. The van der Waals surface area contributed by atoms with Gasteiger partial charge >= 0.3 is 15.9 Å². The van der Waals surface area contributed by atoms with E-state index in [4.69, 9.17) is 0 Å². The Morgan fingerprint density at radius 2 is 1.68 bits per heavy atom. The van der Waals surface area contributed by atoms with Crippen LogP contribution in [0.25, 0.3) is 11.0 Å². The summed E-state index contributed by atoms with van der Waals surface area (Å²) in [5, 5.41) is 0. The van der Waals surface area contributed by atoms with Crippen LogP contribution < -0.4 is 10.4 Å². The van der Waals surface area contributed by atoms with Gasteiger partial charge in [0.1, 0.15) is 0 Å². The molecule has 2 aromatic rings. The van der Waals surface area contributed by atoms with Gasteiger partial charge in [0.05, 0.1) is 16.7 Å². The van der Waals surface area contributed by atoms with Gasteiger partial charge in [0.25, 0.3) is 0 Å². The molecule has 104 valence electrons. The fourth-order valence-corrected chi connectivity index (χ4v) is 2.42. The molecule has 0 unspecified atom stereocenters. The monoisotopic (exact) mass is 284 g/mol. The van der Waals surface area contributed by atoms with Crippen LogP contribution in [0.2, 0.25) is 0 Å². The second-order valence-electron chi connectivity index (χ2n) is 4.49. The number of anilines is 1. The molecule has 1 N–H and O–H groups in total. The minimum absolute atomic E-state index is 0.150. The van der Waals surface area contributed by atoms with Gasteiger partial charge in [-0.25, -0.2) is 4.79 Å². The largest absolute Gasteiger partial charge is 0.328 e. The zero-order valence-corrected chi connectivity index (χ0v) is 12.0. The third-order valence-corrected chi connectivity index (χ3v) is 4.45. The van der Waals surface area contributed by atoms with Crippen LogP contribution in [0.15, 0.2) is 23.0 Å². The molecule has 0 radical (unpaired) electrons. The highest BCUT2D eigenvalue weighted by atomic mass is 32.2. The average Bonchev–Trinajstić information content (AvgIpc) is 2.54. The Morgan fingerprint density at radius 3 is 2.26 bits per heavy atom. The van der Waals surface area contributed by atoms with Crippen molar-refractivity contribution < 1.29 is 8.42 Å². The van der Waals surface area contributed by atoms with Crippen molar-refractivity contribution in [3.05, 3.63) is 28.7 Å². The molecule has 19 heavy (non-hydrogen) atoms. The van der Waals surface area contributed by atoms with Crippen molar-refractivity contribution in [2.24, 2.45) is 14.1 Å². The molecule has 0 aliphatic heterocycles. The first-order valence-corrected chi connectivity index (χ1v) is 7.04. The first kappa shape index (κ1) is 13.6. The van der Waals surface area contributed by atoms with Crippen molar-refractivity contribution in [1.29, 1.82) is 0 Å². The van der Waals surface area contributed by atoms with Crippen LogP contribution in [-0.2, 0) is 24.3 Å². The van der Waals surface area contributed by atoms with E-state index in [1.807, 2.05) is 0 Å². The van der Waals surface area contributed by atoms with Gasteiger partial charge in [-0.05, 0) is 18.2 Å². The van der Waals surface area contributed by atoms with Crippen molar-refractivity contribution >= 4 is 26.9 Å². The number of nitrogens with zero attached hydrogens (tertiary/aromatic N) is 3. The molecule has 0 aliphatic carbocycles. The fraction of sp³-hybridized carbons (Fsp3) is 0.364. The molecule has 1 aromatic heterocycles. The van der Waals surface area contributed by atoms with Gasteiger partial charge < -0.3 is 0 Å². The molecule has 0 aliphatic rings. The minimum atomic E-state index is -3.55. The number of rotatable bonds is 3. The van der Waals surface area contributed by atoms with Crippen molar-refractivity contribution in [2.45, 2.75) is 0 Å². The van der Waals surface area contributed by atoms with Crippen LogP contribution in [0.5, 0.6) is 0 Å². The van der Waals surface area contributed by atoms with Crippen LogP contribution in [0.4, 0.5) is 5.69 Å². The number of hydrogen-bond donors (Lipinski definition) is 1. The Kier molecular flexibility index (Phi) is 3.15. The molecule has 0 fully saturated rings. The van der Waals surface area contributed by atoms with Crippen molar-refractivity contribution in [3.63, 3.8) is 0 Å². The molecule has 0 spiro atoms. The zero-order valence-electron chi connectivity index (χ0n) is 11.2. The molecule has 0 saturated heterocycles. The van der Waals surface area contributed by atoms with Crippen molar-refractivity contribution in [2.75, 3.05) is 18.8 Å². The van der Waals surface area contributed by atoms with Gasteiger partial charge in [-0.2, -0.15) is 12.7 Å². The summed E-state index contributed by atoms with van der Waals surface area (Å²) in [6.07, 6.45) is 0. The number of fused-ring (bicyclic) bond motifs is 1. The predicted molar refractivity (Wildman–Crippen MR) is 74.4 cm³/mol. The van der Waals surface area contributed by atoms with Gasteiger partial charge in [0, 0.05) is 28.2 Å². The highest BCUT2D eigenvalue weighted by molar-refractivity contribution is 7.90. The van der Waals surface area contributed by atoms with Gasteiger partial charge in [-0.1, -0.05) is 0 Å². The quantitative estimate of drug-likeness (QED) is 0.868. The number of aromatic nitrogens is 2. The first-order valence-electron chi connectivity index (χ1n) is 5.60. The van der Waals surface area contributed by atoms with E-state index < -0.39 is 10.2 Å². The number of aryl methyl sites for hydroxylation is 2. The van der Waals surface area contributed by atoms with Crippen molar-refractivity contribution in [1.82, 2.24) is 13.4 Å². The van der Waals surface area contributed by atoms with Gasteiger partial charge in [-0.15, -0.1) is 0 Å². The normalized spacial score (nSPS) is 12.3. The summed E-state index contributed by atoms with van der Waals surface area (Å²) in [5.41, 5.74) is 1.69. The Morgan fingerprint density at radius 1 is 1.11 bits per heavy atom. The molecule has 7 nitrogen and oxygen atoms in total. The van der Waals surface area contributed by atoms with Gasteiger partial charge in [0.2, 0.25) is 0 Å². The summed E-state index contributed by atoms with van der Waals surface area (Å²) in [5.74, 6) is 0. The molecule has 1 aromatic carbocycles. The second-order valence-corrected chi connectivity index (χ2v) is 6.38. The molecule has 8 heteroatoms. The SMILES string of the molecule is CN(C)S(=O)(=O)Nc1ccc2c(c1)n(C)c(=O)n2C. The summed E-state index contributed by atoms with van der Waals surface area (Å²) in [6, 6.07) is 4.98. The lowest BCUT2D eigenvalue weighted by Gasteiger charge is -2.13. The predicted octanol–water partition coefficient (Wildman–Crippen LogP) is 0.0953. The molecule has 2 rings (SSSR count). The summed E-state index contributed by atoms with van der Waals surface area (Å²) in [4.78, 5) is 11.8. The summed E-state index contributed by atoms with van der Waals surface area (Å²) in [6.45, 7) is 0. The van der Waals surface area contributed by atoms with Crippen LogP contribution in [0.1, 0.15) is 0 Å². The Balaban J connectivity index is 2.55. The van der Waals surface area contributed by atoms with Gasteiger partial charge in [0.15, 0.2) is 0 Å². The van der Waals surface area contributed by atoms with Crippen LogP contribution in [0, 0.1) is 0 Å². The highest BCUT2D eigenvalue weighted by Gasteiger charge is 2.14. The fourth-order valence-electron chi connectivity index (χ4n) is 1.81. The van der Waals surface area contributed by atoms with E-state index >= 15 is 0 Å². The molecule has 0 amide bonds. The molecule has 0 saturated carbocycles. The van der Waals surface area contributed by atoms with E-state index in [1.165, 1.54) is 23.2 Å².